The highest BCUT2D eigenvalue weighted by Crippen LogP contribution is 2.18. The Balaban J connectivity index is 0.00000288. The van der Waals surface area contributed by atoms with Crippen molar-refractivity contribution in [2.24, 2.45) is 0 Å². The van der Waals surface area contributed by atoms with Crippen LogP contribution in [0.15, 0.2) is 48.8 Å². The van der Waals surface area contributed by atoms with Crippen molar-refractivity contribution >= 4 is 36.4 Å². The van der Waals surface area contributed by atoms with E-state index in [1.165, 1.54) is 0 Å². The zero-order valence-electron chi connectivity index (χ0n) is 13.9. The van der Waals surface area contributed by atoms with Crippen LogP contribution in [-0.4, -0.2) is 37.7 Å². The second-order valence-corrected chi connectivity index (χ2v) is 4.90. The standard InChI is InChI=1S/C17H21N3O3.2ClH/c1-22-9-8-19-12-17(21)20-15-5-2-6-16(10-15)23-13-14-4-3-7-18-11-14;;/h2-7,10-11,19H,8-9,12-13H2,1H3,(H,20,21);2*1H. The van der Waals surface area contributed by atoms with Crippen molar-refractivity contribution < 1.29 is 14.3 Å². The largest absolute Gasteiger partial charge is 0.489 e. The van der Waals surface area contributed by atoms with Crippen LogP contribution in [0.3, 0.4) is 0 Å². The summed E-state index contributed by atoms with van der Waals surface area (Å²) >= 11 is 0. The van der Waals surface area contributed by atoms with Crippen LogP contribution < -0.4 is 15.4 Å². The van der Waals surface area contributed by atoms with E-state index in [2.05, 4.69) is 15.6 Å². The van der Waals surface area contributed by atoms with E-state index in [0.29, 0.717) is 31.2 Å². The third-order valence-electron chi connectivity index (χ3n) is 3.01. The topological polar surface area (TPSA) is 72.5 Å². The molecule has 0 radical (unpaired) electrons. The first-order chi connectivity index (χ1) is 11.3. The smallest absolute Gasteiger partial charge is 0.238 e. The number of methoxy groups -OCH3 is 1. The predicted octanol–water partition coefficient (Wildman–Crippen LogP) is 2.68. The molecular weight excluding hydrogens is 365 g/mol. The molecule has 2 N–H and O–H groups in total. The summed E-state index contributed by atoms with van der Waals surface area (Å²) in [5, 5.41) is 5.82. The van der Waals surface area contributed by atoms with Crippen LogP contribution in [0.2, 0.25) is 0 Å². The van der Waals surface area contributed by atoms with Gasteiger partial charge in [0.25, 0.3) is 0 Å². The molecule has 0 saturated heterocycles. The number of carbonyl (C=O) groups excluding carboxylic acids is 1. The molecule has 0 bridgehead atoms. The van der Waals surface area contributed by atoms with Crippen molar-refractivity contribution in [3.8, 4) is 5.75 Å². The third-order valence-corrected chi connectivity index (χ3v) is 3.01. The minimum Gasteiger partial charge on any atom is -0.489 e. The molecule has 25 heavy (non-hydrogen) atoms. The molecule has 138 valence electrons. The zero-order valence-corrected chi connectivity index (χ0v) is 15.6. The van der Waals surface area contributed by atoms with Gasteiger partial charge >= 0.3 is 0 Å². The Hall–Kier alpha value is -1.86. The predicted molar refractivity (Wildman–Crippen MR) is 103 cm³/mol. The molecule has 0 aliphatic rings. The lowest BCUT2D eigenvalue weighted by molar-refractivity contribution is -0.115. The van der Waals surface area contributed by atoms with E-state index in [9.17, 15) is 4.79 Å². The number of nitrogens with one attached hydrogen (secondary N) is 2. The van der Waals surface area contributed by atoms with E-state index < -0.39 is 0 Å². The fraction of sp³-hybridized carbons (Fsp3) is 0.294. The van der Waals surface area contributed by atoms with Crippen LogP contribution in [-0.2, 0) is 16.1 Å². The van der Waals surface area contributed by atoms with E-state index in [0.717, 1.165) is 5.56 Å². The van der Waals surface area contributed by atoms with Gasteiger partial charge in [0.05, 0.1) is 13.2 Å². The fourth-order valence-electron chi connectivity index (χ4n) is 1.90. The number of rotatable bonds is 9. The van der Waals surface area contributed by atoms with Gasteiger partial charge in [0, 0.05) is 43.4 Å². The van der Waals surface area contributed by atoms with Gasteiger partial charge in [0.1, 0.15) is 12.4 Å². The molecule has 2 aromatic rings. The number of amides is 1. The summed E-state index contributed by atoms with van der Waals surface area (Å²) in [6.45, 7) is 1.89. The highest BCUT2D eigenvalue weighted by atomic mass is 35.5. The summed E-state index contributed by atoms with van der Waals surface area (Å²) in [6, 6.07) is 11.1. The average molecular weight is 388 g/mol. The first-order valence-corrected chi connectivity index (χ1v) is 7.39. The second-order valence-electron chi connectivity index (χ2n) is 4.90. The summed E-state index contributed by atoms with van der Waals surface area (Å²) in [7, 11) is 1.62. The van der Waals surface area contributed by atoms with E-state index in [1.807, 2.05) is 30.3 Å². The average Bonchev–Trinajstić information content (AvgIpc) is 2.58. The molecule has 0 atom stereocenters. The number of hydrogen-bond acceptors (Lipinski definition) is 5. The molecule has 0 fully saturated rings. The minimum atomic E-state index is -0.106. The Morgan fingerprint density at radius 3 is 2.76 bits per heavy atom. The lowest BCUT2D eigenvalue weighted by Crippen LogP contribution is -2.30. The summed E-state index contributed by atoms with van der Waals surface area (Å²) < 4.78 is 10.6. The van der Waals surface area contributed by atoms with Crippen LogP contribution in [0.25, 0.3) is 0 Å². The van der Waals surface area contributed by atoms with Crippen LogP contribution >= 0.6 is 24.8 Å². The monoisotopic (exact) mass is 387 g/mol. The molecule has 0 aliphatic carbocycles. The zero-order chi connectivity index (χ0) is 16.3. The fourth-order valence-corrected chi connectivity index (χ4v) is 1.90. The number of benzene rings is 1. The number of halogens is 2. The summed E-state index contributed by atoms with van der Waals surface area (Å²) in [5.74, 6) is 0.588. The Morgan fingerprint density at radius 2 is 2.04 bits per heavy atom. The van der Waals surface area contributed by atoms with Crippen molar-refractivity contribution in [3.63, 3.8) is 0 Å². The van der Waals surface area contributed by atoms with Crippen molar-refractivity contribution in [3.05, 3.63) is 54.4 Å². The Bertz CT molecular complexity index is 615. The van der Waals surface area contributed by atoms with Gasteiger partial charge < -0.3 is 20.1 Å². The summed E-state index contributed by atoms with van der Waals surface area (Å²) in [4.78, 5) is 15.8. The van der Waals surface area contributed by atoms with Gasteiger partial charge in [-0.2, -0.15) is 0 Å². The molecule has 6 nitrogen and oxygen atoms in total. The second kappa shape index (κ2) is 13.4. The van der Waals surface area contributed by atoms with Crippen LogP contribution in [0, 0.1) is 0 Å². The van der Waals surface area contributed by atoms with Crippen LogP contribution in [0.4, 0.5) is 5.69 Å². The number of anilines is 1. The Labute approximate surface area is 160 Å². The molecule has 0 aliphatic heterocycles. The molecule has 1 aromatic carbocycles. The minimum absolute atomic E-state index is 0. The maximum Gasteiger partial charge on any atom is 0.238 e. The Kier molecular flexibility index (Phi) is 12.4. The molecule has 1 aromatic heterocycles. The van der Waals surface area contributed by atoms with Crippen molar-refractivity contribution in [1.82, 2.24) is 10.3 Å². The van der Waals surface area contributed by atoms with Crippen LogP contribution in [0.1, 0.15) is 5.56 Å². The van der Waals surface area contributed by atoms with E-state index >= 15 is 0 Å². The lowest BCUT2D eigenvalue weighted by Gasteiger charge is -2.09. The highest BCUT2D eigenvalue weighted by molar-refractivity contribution is 5.92. The van der Waals surface area contributed by atoms with E-state index in [-0.39, 0.29) is 37.3 Å². The SMILES string of the molecule is COCCNCC(=O)Nc1cccc(OCc2cccnc2)c1.Cl.Cl. The highest BCUT2D eigenvalue weighted by Gasteiger charge is 2.03. The van der Waals surface area contributed by atoms with Crippen molar-refractivity contribution in [1.29, 1.82) is 0 Å². The lowest BCUT2D eigenvalue weighted by atomic mass is 10.3. The molecule has 1 heterocycles. The molecule has 0 saturated carbocycles. The van der Waals surface area contributed by atoms with Gasteiger partial charge in [-0.15, -0.1) is 24.8 Å². The number of pyridine rings is 1. The normalized spacial score (nSPS) is 9.48. The molecule has 8 heteroatoms. The van der Waals surface area contributed by atoms with Gasteiger partial charge in [-0.05, 0) is 18.2 Å². The van der Waals surface area contributed by atoms with Gasteiger partial charge in [0.2, 0.25) is 5.91 Å². The molecular formula is C17H23Cl2N3O3. The molecule has 0 unspecified atom stereocenters. The van der Waals surface area contributed by atoms with Gasteiger partial charge in [-0.1, -0.05) is 12.1 Å². The number of aromatic nitrogens is 1. The number of nitrogens with zero attached hydrogens (tertiary/aromatic N) is 1. The van der Waals surface area contributed by atoms with Crippen molar-refractivity contribution in [2.75, 3.05) is 32.1 Å². The van der Waals surface area contributed by atoms with Crippen LogP contribution in [0.5, 0.6) is 5.75 Å². The Morgan fingerprint density at radius 1 is 1.20 bits per heavy atom. The number of carbonyl (C=O) groups is 1. The first kappa shape index (κ1) is 23.1. The third kappa shape index (κ3) is 9.26. The van der Waals surface area contributed by atoms with Gasteiger partial charge in [0.15, 0.2) is 0 Å². The molecule has 1 amide bonds. The van der Waals surface area contributed by atoms with Gasteiger partial charge in [-0.25, -0.2) is 0 Å². The molecule has 0 spiro atoms. The van der Waals surface area contributed by atoms with Gasteiger partial charge in [-0.3, -0.25) is 9.78 Å². The quantitative estimate of drug-likeness (QED) is 0.647. The first-order valence-electron chi connectivity index (χ1n) is 7.39. The van der Waals surface area contributed by atoms with E-state index in [1.54, 1.807) is 25.6 Å². The van der Waals surface area contributed by atoms with E-state index in [4.69, 9.17) is 9.47 Å². The van der Waals surface area contributed by atoms with Crippen molar-refractivity contribution in [2.45, 2.75) is 6.61 Å². The summed E-state index contributed by atoms with van der Waals surface area (Å²) in [6.07, 6.45) is 3.48. The maximum absolute atomic E-state index is 11.8. The summed E-state index contributed by atoms with van der Waals surface area (Å²) in [5.41, 5.74) is 1.69. The number of ether oxygens (including phenoxy) is 2. The number of hydrogen-bond donors (Lipinski definition) is 2. The maximum atomic E-state index is 11.8. The molecule has 2 rings (SSSR count).